The average molecular weight is 224 g/mol. The smallest absolute Gasteiger partial charge is 0.205 e. The highest BCUT2D eigenvalue weighted by atomic mass is 15.3. The van der Waals surface area contributed by atoms with Crippen LogP contribution < -0.4 is 16.6 Å². The Hall–Kier alpha value is -1.56. The predicted molar refractivity (Wildman–Crippen MR) is 64.8 cm³/mol. The number of hydrogen-bond acceptors (Lipinski definition) is 3. The van der Waals surface area contributed by atoms with E-state index in [1.54, 1.807) is 12.5 Å². The number of nitrogens with zero attached hydrogens (tertiary/aromatic N) is 3. The molecule has 0 saturated heterocycles. The highest BCUT2D eigenvalue weighted by molar-refractivity contribution is 5.79. The number of nitrogens with one attached hydrogen (secondary N) is 2. The number of imidazole rings is 1. The van der Waals surface area contributed by atoms with E-state index in [-0.39, 0.29) is 0 Å². The van der Waals surface area contributed by atoms with Gasteiger partial charge in [0.15, 0.2) is 0 Å². The molecule has 16 heavy (non-hydrogen) atoms. The van der Waals surface area contributed by atoms with Crippen molar-refractivity contribution >= 4 is 5.96 Å². The molecule has 0 aliphatic rings. The summed E-state index contributed by atoms with van der Waals surface area (Å²) >= 11 is 0. The van der Waals surface area contributed by atoms with Crippen LogP contribution in [-0.4, -0.2) is 28.6 Å². The Kier molecular flexibility index (Phi) is 6.02. The fraction of sp³-hybridized carbons (Fsp3) is 0.600. The first-order valence-electron chi connectivity index (χ1n) is 5.57. The topological polar surface area (TPSA) is 80.3 Å². The van der Waals surface area contributed by atoms with Crippen LogP contribution in [-0.2, 0) is 6.54 Å². The summed E-state index contributed by atoms with van der Waals surface area (Å²) in [5.41, 5.74) is 2.56. The van der Waals surface area contributed by atoms with Gasteiger partial charge in [-0.1, -0.05) is 13.3 Å². The van der Waals surface area contributed by atoms with Gasteiger partial charge in [-0.15, -0.1) is 0 Å². The molecular formula is C10H20N6. The molecule has 0 radical (unpaired) electrons. The van der Waals surface area contributed by atoms with Crippen molar-refractivity contribution < 1.29 is 0 Å². The van der Waals surface area contributed by atoms with Gasteiger partial charge in [0.2, 0.25) is 5.96 Å². The Balaban J connectivity index is 2.20. The van der Waals surface area contributed by atoms with Crippen LogP contribution in [0.3, 0.4) is 0 Å². The maximum Gasteiger partial charge on any atom is 0.205 e. The summed E-state index contributed by atoms with van der Waals surface area (Å²) in [5, 5.41) is 3.13. The van der Waals surface area contributed by atoms with Crippen LogP contribution in [0.2, 0.25) is 0 Å². The molecule has 0 aliphatic heterocycles. The van der Waals surface area contributed by atoms with Gasteiger partial charge in [0.1, 0.15) is 0 Å². The fourth-order valence-corrected chi connectivity index (χ4v) is 1.22. The molecule has 1 aromatic heterocycles. The first-order chi connectivity index (χ1) is 7.86. The lowest BCUT2D eigenvalue weighted by Gasteiger charge is -2.09. The summed E-state index contributed by atoms with van der Waals surface area (Å²) in [5.74, 6) is 6.00. The van der Waals surface area contributed by atoms with E-state index >= 15 is 0 Å². The summed E-state index contributed by atoms with van der Waals surface area (Å²) < 4.78 is 1.99. The standard InChI is InChI=1S/C10H20N6/c1-2-3-4-13-10(15-11)14-6-8-16-7-5-12-9-16/h5,7,9H,2-4,6,8,11H2,1H3,(H2,13,14,15). The van der Waals surface area contributed by atoms with Crippen molar-refractivity contribution in [3.05, 3.63) is 18.7 Å². The number of hydrogen-bond donors (Lipinski definition) is 3. The molecule has 0 unspecified atom stereocenters. The molecule has 1 aromatic rings. The molecule has 4 N–H and O–H groups in total. The van der Waals surface area contributed by atoms with Crippen molar-refractivity contribution in [2.24, 2.45) is 10.8 Å². The Bertz CT molecular complexity index is 292. The second kappa shape index (κ2) is 7.70. The minimum atomic E-state index is 0.647. The Morgan fingerprint density at radius 2 is 2.44 bits per heavy atom. The molecule has 1 heterocycles. The second-order valence-corrected chi connectivity index (χ2v) is 3.46. The van der Waals surface area contributed by atoms with Crippen LogP contribution in [0.4, 0.5) is 0 Å². The van der Waals surface area contributed by atoms with Crippen molar-refractivity contribution in [3.8, 4) is 0 Å². The van der Waals surface area contributed by atoms with Crippen molar-refractivity contribution in [2.45, 2.75) is 26.3 Å². The molecule has 0 fully saturated rings. The highest BCUT2D eigenvalue weighted by Crippen LogP contribution is 1.87. The molecule has 0 amide bonds. The van der Waals surface area contributed by atoms with E-state index in [1.807, 2.05) is 10.8 Å². The summed E-state index contributed by atoms with van der Waals surface area (Å²) in [7, 11) is 0. The zero-order valence-corrected chi connectivity index (χ0v) is 9.69. The van der Waals surface area contributed by atoms with Gasteiger partial charge in [-0.2, -0.15) is 0 Å². The van der Waals surface area contributed by atoms with Crippen LogP contribution in [0.5, 0.6) is 0 Å². The first-order valence-corrected chi connectivity index (χ1v) is 5.57. The van der Waals surface area contributed by atoms with Crippen LogP contribution in [0.1, 0.15) is 19.8 Å². The summed E-state index contributed by atoms with van der Waals surface area (Å²) in [6.07, 6.45) is 7.68. The third-order valence-corrected chi connectivity index (χ3v) is 2.14. The summed E-state index contributed by atoms with van der Waals surface area (Å²) in [4.78, 5) is 8.26. The van der Waals surface area contributed by atoms with E-state index in [0.717, 1.165) is 32.5 Å². The number of hydrazine groups is 1. The predicted octanol–water partition coefficient (Wildman–Crippen LogP) is 0.0921. The molecule has 0 saturated carbocycles. The zero-order valence-electron chi connectivity index (χ0n) is 9.69. The van der Waals surface area contributed by atoms with Crippen molar-refractivity contribution in [2.75, 3.05) is 13.1 Å². The second-order valence-electron chi connectivity index (χ2n) is 3.46. The van der Waals surface area contributed by atoms with E-state index < -0.39 is 0 Å². The lowest BCUT2D eigenvalue weighted by Crippen LogP contribution is -2.42. The van der Waals surface area contributed by atoms with Crippen molar-refractivity contribution in [1.82, 2.24) is 20.3 Å². The van der Waals surface area contributed by atoms with E-state index in [0.29, 0.717) is 5.96 Å². The van der Waals surface area contributed by atoms with Gasteiger partial charge < -0.3 is 9.88 Å². The maximum atomic E-state index is 5.35. The largest absolute Gasteiger partial charge is 0.354 e. The highest BCUT2D eigenvalue weighted by Gasteiger charge is 1.94. The van der Waals surface area contributed by atoms with Gasteiger partial charge in [-0.25, -0.2) is 10.8 Å². The molecular weight excluding hydrogens is 204 g/mol. The van der Waals surface area contributed by atoms with Gasteiger partial charge in [0.05, 0.1) is 6.33 Å². The number of unbranched alkanes of at least 4 members (excludes halogenated alkanes) is 1. The average Bonchev–Trinajstić information content (AvgIpc) is 2.80. The number of aromatic nitrogens is 2. The van der Waals surface area contributed by atoms with E-state index in [1.165, 1.54) is 0 Å². The van der Waals surface area contributed by atoms with Crippen LogP contribution in [0, 0.1) is 0 Å². The third kappa shape index (κ3) is 4.79. The summed E-state index contributed by atoms with van der Waals surface area (Å²) in [6.45, 7) is 4.55. The molecule has 0 bridgehead atoms. The molecule has 6 heteroatoms. The first kappa shape index (κ1) is 12.5. The lowest BCUT2D eigenvalue weighted by atomic mass is 10.3. The molecule has 0 aromatic carbocycles. The van der Waals surface area contributed by atoms with Crippen molar-refractivity contribution in [3.63, 3.8) is 0 Å². The maximum absolute atomic E-state index is 5.35. The Morgan fingerprint density at radius 3 is 3.06 bits per heavy atom. The monoisotopic (exact) mass is 224 g/mol. The molecule has 0 atom stereocenters. The SMILES string of the molecule is CCCCN=C(NN)NCCn1ccnc1. The van der Waals surface area contributed by atoms with Crippen molar-refractivity contribution in [1.29, 1.82) is 0 Å². The van der Waals surface area contributed by atoms with E-state index in [9.17, 15) is 0 Å². The van der Waals surface area contributed by atoms with Gasteiger partial charge in [0, 0.05) is 32.0 Å². The number of guanidine groups is 1. The molecule has 1 rings (SSSR count). The van der Waals surface area contributed by atoms with Crippen LogP contribution in [0.25, 0.3) is 0 Å². The quantitative estimate of drug-likeness (QED) is 0.210. The van der Waals surface area contributed by atoms with Gasteiger partial charge in [-0.3, -0.25) is 10.4 Å². The zero-order chi connectivity index (χ0) is 11.6. The van der Waals surface area contributed by atoms with Gasteiger partial charge >= 0.3 is 0 Å². The van der Waals surface area contributed by atoms with Gasteiger partial charge in [-0.05, 0) is 6.42 Å². The van der Waals surface area contributed by atoms with E-state index in [2.05, 4.69) is 27.6 Å². The van der Waals surface area contributed by atoms with E-state index in [4.69, 9.17) is 5.84 Å². The normalized spacial score (nSPS) is 11.5. The van der Waals surface area contributed by atoms with Gasteiger partial charge in [0.25, 0.3) is 0 Å². The third-order valence-electron chi connectivity index (χ3n) is 2.14. The lowest BCUT2D eigenvalue weighted by molar-refractivity contribution is 0.661. The Labute approximate surface area is 95.9 Å². The van der Waals surface area contributed by atoms with Crippen LogP contribution >= 0.6 is 0 Å². The molecule has 0 aliphatic carbocycles. The molecule has 6 nitrogen and oxygen atoms in total. The number of aliphatic imine (C=N–C) groups is 1. The molecule has 0 spiro atoms. The number of rotatable bonds is 6. The molecule has 90 valence electrons. The fourth-order valence-electron chi connectivity index (χ4n) is 1.22. The minimum absolute atomic E-state index is 0.647. The Morgan fingerprint density at radius 1 is 1.56 bits per heavy atom. The minimum Gasteiger partial charge on any atom is -0.354 e. The number of nitrogens with two attached hydrogens (primary N) is 1. The summed E-state index contributed by atoms with van der Waals surface area (Å²) in [6, 6.07) is 0. The van der Waals surface area contributed by atoms with Crippen LogP contribution in [0.15, 0.2) is 23.7 Å².